The van der Waals surface area contributed by atoms with Gasteiger partial charge in [-0.2, -0.15) is 0 Å². The molecule has 2 aromatic carbocycles. The van der Waals surface area contributed by atoms with Crippen LogP contribution >= 0.6 is 0 Å². The van der Waals surface area contributed by atoms with Gasteiger partial charge in [0.15, 0.2) is 5.78 Å². The molecule has 0 aliphatic carbocycles. The lowest BCUT2D eigenvalue weighted by molar-refractivity contribution is -0.0591. The van der Waals surface area contributed by atoms with Crippen LogP contribution in [-0.4, -0.2) is 64.1 Å². The lowest BCUT2D eigenvalue weighted by Crippen LogP contribution is -2.33. The van der Waals surface area contributed by atoms with E-state index in [9.17, 15) is 14.0 Å². The Morgan fingerprint density at radius 1 is 1.09 bits per heavy atom. The number of methoxy groups -OCH3 is 1. The largest absolute Gasteiger partial charge is 0.473 e. The summed E-state index contributed by atoms with van der Waals surface area (Å²) in [6, 6.07) is 15.5. The first-order valence-electron chi connectivity index (χ1n) is 14.4. The number of ether oxygens (including phenoxy) is 3. The van der Waals surface area contributed by atoms with Crippen LogP contribution in [0.4, 0.5) is 4.39 Å². The molecule has 0 saturated carbocycles. The Hall–Kier alpha value is -4.41. The first-order valence-corrected chi connectivity index (χ1v) is 14.4. The molecule has 0 amide bonds. The van der Waals surface area contributed by atoms with E-state index in [1.165, 1.54) is 20.1 Å². The van der Waals surface area contributed by atoms with Gasteiger partial charge in [-0.25, -0.2) is 19.2 Å². The number of nitrogens with zero attached hydrogens (tertiary/aromatic N) is 4. The number of hydrogen-bond acceptors (Lipinski definition) is 8. The highest BCUT2D eigenvalue weighted by molar-refractivity contribution is 5.94. The number of imidazole rings is 1. The number of pyridine rings is 1. The smallest absolute Gasteiger partial charge is 0.337 e. The van der Waals surface area contributed by atoms with E-state index >= 15 is 0 Å². The summed E-state index contributed by atoms with van der Waals surface area (Å²) in [5.74, 6) is 0.312. The minimum Gasteiger partial charge on any atom is -0.473 e. The van der Waals surface area contributed by atoms with Crippen LogP contribution in [0.1, 0.15) is 57.6 Å². The van der Waals surface area contributed by atoms with Gasteiger partial charge in [0.1, 0.15) is 18.2 Å². The monoisotopic (exact) mass is 584 g/mol. The van der Waals surface area contributed by atoms with Gasteiger partial charge < -0.3 is 18.8 Å². The molecule has 0 bridgehead atoms. The predicted octanol–water partition coefficient (Wildman–Crippen LogP) is 5.22. The van der Waals surface area contributed by atoms with E-state index in [1.54, 1.807) is 24.3 Å². The lowest BCUT2D eigenvalue weighted by Gasteiger charge is -2.29. The summed E-state index contributed by atoms with van der Waals surface area (Å²) >= 11 is 0. The standard InChI is InChI=1S/C33H33FN4O5/c1-21(39)23-6-7-25(27(34)16-23)20-43-32-5-3-4-28(36-32)22-10-13-37(14-11-22)19-31-35-29-9-8-24(33(40)41-2)17-30(29)38(31)18-26-12-15-42-26/h3-10,16-17,26H,11-15,18-20H2,1-2H3/t26-/m0/s1. The maximum Gasteiger partial charge on any atom is 0.337 e. The number of hydrogen-bond donors (Lipinski definition) is 0. The molecule has 2 aliphatic rings. The average molecular weight is 585 g/mol. The van der Waals surface area contributed by atoms with Crippen molar-refractivity contribution in [2.45, 2.75) is 45.6 Å². The van der Waals surface area contributed by atoms with E-state index in [-0.39, 0.29) is 24.5 Å². The minimum absolute atomic E-state index is 0.0152. The highest BCUT2D eigenvalue weighted by Gasteiger charge is 2.24. The molecule has 0 unspecified atom stereocenters. The number of esters is 1. The van der Waals surface area contributed by atoms with Gasteiger partial charge >= 0.3 is 5.97 Å². The van der Waals surface area contributed by atoms with Crippen LogP contribution < -0.4 is 4.74 Å². The Labute approximate surface area is 248 Å². The molecule has 222 valence electrons. The second-order valence-corrected chi connectivity index (χ2v) is 10.8. The van der Waals surface area contributed by atoms with Gasteiger partial charge in [0, 0.05) is 36.9 Å². The molecular weight excluding hydrogens is 551 g/mol. The Morgan fingerprint density at radius 3 is 2.63 bits per heavy atom. The number of halogens is 1. The maximum atomic E-state index is 14.4. The molecule has 10 heteroatoms. The normalized spacial score (nSPS) is 16.9. The van der Waals surface area contributed by atoms with Crippen LogP contribution in [0.5, 0.6) is 5.88 Å². The first-order chi connectivity index (χ1) is 20.9. The average Bonchev–Trinajstić information content (AvgIpc) is 3.34. The Kier molecular flexibility index (Phi) is 8.31. The topological polar surface area (TPSA) is 95.8 Å². The van der Waals surface area contributed by atoms with Crippen molar-refractivity contribution >= 4 is 28.4 Å². The molecule has 6 rings (SSSR count). The van der Waals surface area contributed by atoms with Crippen molar-refractivity contribution in [3.63, 3.8) is 0 Å². The van der Waals surface area contributed by atoms with Gasteiger partial charge in [-0.05, 0) is 55.7 Å². The predicted molar refractivity (Wildman–Crippen MR) is 158 cm³/mol. The van der Waals surface area contributed by atoms with Gasteiger partial charge in [-0.3, -0.25) is 9.69 Å². The van der Waals surface area contributed by atoms with Crippen molar-refractivity contribution in [3.05, 3.63) is 94.7 Å². The van der Waals surface area contributed by atoms with Crippen molar-refractivity contribution in [1.29, 1.82) is 0 Å². The molecule has 4 aromatic rings. The molecule has 0 N–H and O–H groups in total. The van der Waals surface area contributed by atoms with Crippen LogP contribution in [0.25, 0.3) is 16.6 Å². The second kappa shape index (κ2) is 12.4. The number of benzene rings is 2. The quantitative estimate of drug-likeness (QED) is 0.185. The molecule has 2 aliphatic heterocycles. The van der Waals surface area contributed by atoms with E-state index in [2.05, 4.69) is 20.5 Å². The van der Waals surface area contributed by atoms with Gasteiger partial charge in [-0.15, -0.1) is 0 Å². The molecule has 9 nitrogen and oxygen atoms in total. The summed E-state index contributed by atoms with van der Waals surface area (Å²) in [7, 11) is 1.38. The summed E-state index contributed by atoms with van der Waals surface area (Å²) in [5, 5.41) is 0. The zero-order valence-electron chi connectivity index (χ0n) is 24.2. The molecule has 2 aromatic heterocycles. The number of fused-ring (bicyclic) bond motifs is 1. The highest BCUT2D eigenvalue weighted by Crippen LogP contribution is 2.27. The molecule has 1 fully saturated rings. The van der Waals surface area contributed by atoms with E-state index in [0.29, 0.717) is 35.7 Å². The summed E-state index contributed by atoms with van der Waals surface area (Å²) in [5.41, 5.74) is 4.88. The fourth-order valence-electron chi connectivity index (χ4n) is 5.37. The minimum atomic E-state index is -0.475. The third kappa shape index (κ3) is 6.35. The number of ketones is 1. The Bertz CT molecular complexity index is 1710. The SMILES string of the molecule is COC(=O)c1ccc2nc(CN3CC=C(c4cccc(OCc5ccc(C(C)=O)cc5F)n4)CC3)n(C[C@@H]3CCO3)c2c1. The van der Waals surface area contributed by atoms with E-state index in [0.717, 1.165) is 60.7 Å². The fourth-order valence-corrected chi connectivity index (χ4v) is 5.37. The summed E-state index contributed by atoms with van der Waals surface area (Å²) in [4.78, 5) is 35.6. The zero-order chi connectivity index (χ0) is 29.9. The number of rotatable bonds is 10. The molecule has 1 saturated heterocycles. The van der Waals surface area contributed by atoms with Gasteiger partial charge in [0.05, 0.1) is 48.6 Å². The highest BCUT2D eigenvalue weighted by atomic mass is 19.1. The number of Topliss-reactive ketones (excluding diaryl/α,β-unsaturated/α-hetero) is 1. The van der Waals surface area contributed by atoms with E-state index in [4.69, 9.17) is 19.2 Å². The van der Waals surface area contributed by atoms with Gasteiger partial charge in [0.25, 0.3) is 0 Å². The first kappa shape index (κ1) is 28.7. The molecule has 0 radical (unpaired) electrons. The fraction of sp³-hybridized carbons (Fsp3) is 0.333. The van der Waals surface area contributed by atoms with E-state index in [1.807, 2.05) is 24.3 Å². The van der Waals surface area contributed by atoms with Crippen LogP contribution in [0.2, 0.25) is 0 Å². The van der Waals surface area contributed by atoms with Crippen LogP contribution in [0, 0.1) is 5.82 Å². The van der Waals surface area contributed by atoms with Crippen molar-refractivity contribution < 1.29 is 28.2 Å². The molecule has 43 heavy (non-hydrogen) atoms. The molecule has 0 spiro atoms. The van der Waals surface area contributed by atoms with Crippen molar-refractivity contribution in [2.75, 3.05) is 26.8 Å². The molecule has 4 heterocycles. The van der Waals surface area contributed by atoms with Crippen molar-refractivity contribution in [3.8, 4) is 5.88 Å². The van der Waals surface area contributed by atoms with Crippen molar-refractivity contribution in [1.82, 2.24) is 19.4 Å². The lowest BCUT2D eigenvalue weighted by atomic mass is 10.0. The zero-order valence-corrected chi connectivity index (χ0v) is 24.2. The second-order valence-electron chi connectivity index (χ2n) is 10.8. The summed E-state index contributed by atoms with van der Waals surface area (Å²) < 4.78 is 33.0. The Morgan fingerprint density at radius 2 is 1.93 bits per heavy atom. The van der Waals surface area contributed by atoms with Crippen LogP contribution in [0.15, 0.2) is 60.7 Å². The third-order valence-electron chi connectivity index (χ3n) is 7.97. The van der Waals surface area contributed by atoms with E-state index < -0.39 is 5.82 Å². The maximum absolute atomic E-state index is 14.4. The summed E-state index contributed by atoms with van der Waals surface area (Å²) in [6.45, 7) is 5.09. The number of carbonyl (C=O) groups excluding carboxylic acids is 2. The van der Waals surface area contributed by atoms with Crippen molar-refractivity contribution in [2.24, 2.45) is 0 Å². The third-order valence-corrected chi connectivity index (χ3v) is 7.97. The van der Waals surface area contributed by atoms with Gasteiger partial charge in [-0.1, -0.05) is 24.3 Å². The Balaban J connectivity index is 1.14. The van der Waals surface area contributed by atoms with Crippen LogP contribution in [0.3, 0.4) is 0 Å². The van der Waals surface area contributed by atoms with Crippen LogP contribution in [-0.2, 0) is 29.2 Å². The number of carbonyl (C=O) groups is 2. The summed E-state index contributed by atoms with van der Waals surface area (Å²) in [6.07, 6.45) is 4.12. The number of aromatic nitrogens is 3. The molecule has 1 atom stereocenters. The molecular formula is C33H33FN4O5. The van der Waals surface area contributed by atoms with Gasteiger partial charge in [0.2, 0.25) is 5.88 Å².